The van der Waals surface area contributed by atoms with Gasteiger partial charge in [0.15, 0.2) is 5.65 Å². The number of carbonyl (C=O) groups excluding carboxylic acids is 3. The van der Waals surface area contributed by atoms with Crippen molar-refractivity contribution in [1.82, 2.24) is 39.5 Å². The number of sulfonamides is 1. The van der Waals surface area contributed by atoms with Crippen LogP contribution in [0.5, 0.6) is 5.88 Å². The Labute approximate surface area is 288 Å². The maximum Gasteiger partial charge on any atom is 0.259 e. The van der Waals surface area contributed by atoms with Crippen LogP contribution >= 0.6 is 0 Å². The number of rotatable bonds is 6. The number of aromatic nitrogens is 5. The van der Waals surface area contributed by atoms with Crippen LogP contribution in [-0.4, -0.2) is 85.1 Å². The van der Waals surface area contributed by atoms with Crippen LogP contribution in [0.4, 0.5) is 0 Å². The summed E-state index contributed by atoms with van der Waals surface area (Å²) >= 11 is 0. The molecule has 0 bridgehead atoms. The van der Waals surface area contributed by atoms with Crippen LogP contribution in [0.2, 0.25) is 0 Å². The van der Waals surface area contributed by atoms with Gasteiger partial charge in [-0.05, 0) is 50.7 Å². The summed E-state index contributed by atoms with van der Waals surface area (Å²) in [5.41, 5.74) is 0.924. The average molecular weight is 699 g/mol. The molecule has 4 atom stereocenters. The van der Waals surface area contributed by atoms with Crippen molar-refractivity contribution in [2.45, 2.75) is 87.1 Å². The average Bonchev–Trinajstić information content (AvgIpc) is 4.01. The lowest BCUT2D eigenvalue weighted by molar-refractivity contribution is -0.139. The number of hydrogen-bond acceptors (Lipinski definition) is 10. The number of carbonyl (C=O) groups is 3. The first-order chi connectivity index (χ1) is 24.2. The monoisotopic (exact) mass is 698 g/mol. The van der Waals surface area contributed by atoms with Crippen LogP contribution in [-0.2, 0) is 24.4 Å². The van der Waals surface area contributed by atoms with Crippen molar-refractivity contribution < 1.29 is 27.5 Å². The molecule has 8 rings (SSSR count). The second-order valence-electron chi connectivity index (χ2n) is 13.7. The zero-order valence-electron chi connectivity index (χ0n) is 27.4. The van der Waals surface area contributed by atoms with E-state index in [2.05, 4.69) is 20.0 Å². The zero-order valence-corrected chi connectivity index (χ0v) is 28.2. The van der Waals surface area contributed by atoms with Crippen LogP contribution in [0.25, 0.3) is 27.9 Å². The molecule has 5 heterocycles. The van der Waals surface area contributed by atoms with Gasteiger partial charge in [0.05, 0.1) is 29.2 Å². The van der Waals surface area contributed by atoms with E-state index in [4.69, 9.17) is 14.8 Å². The standard InChI is InChI=1S/C35H38N8O6S/c44-30-12-6-4-2-1-3-5-9-22-19-35(22,34(46)41-50(47,48)24-13-14-24)39-33(45)29-17-23(21-42(29)30)49-31-18-27(28-20-36-15-16-37-28)38-32-25-10-7-8-11-26(25)40-43(31)32/h5,7-11,15-16,18,20,22-24,29H,1-4,6,12-14,17,19,21H2,(H,39,45)(H,41,46)/b9-5-/t22-,23-,29+,35-/m1/s1. The van der Waals surface area contributed by atoms with Crippen LogP contribution < -0.4 is 14.8 Å². The molecule has 0 unspecified atom stereocenters. The van der Waals surface area contributed by atoms with E-state index in [0.717, 1.165) is 36.6 Å². The van der Waals surface area contributed by atoms with Crippen molar-refractivity contribution >= 4 is 44.3 Å². The maximum absolute atomic E-state index is 14.1. The van der Waals surface area contributed by atoms with E-state index in [0.29, 0.717) is 42.2 Å². The van der Waals surface area contributed by atoms with Crippen molar-refractivity contribution in [3.05, 3.63) is 61.1 Å². The lowest BCUT2D eigenvalue weighted by Gasteiger charge is -2.26. The fraction of sp³-hybridized carbons (Fsp3) is 0.457. The summed E-state index contributed by atoms with van der Waals surface area (Å²) in [4.78, 5) is 56.4. The molecule has 50 heavy (non-hydrogen) atoms. The minimum Gasteiger partial charge on any atom is -0.472 e. The molecular formula is C35H38N8O6S. The van der Waals surface area contributed by atoms with Gasteiger partial charge >= 0.3 is 0 Å². The van der Waals surface area contributed by atoms with Crippen molar-refractivity contribution in [3.8, 4) is 17.3 Å². The molecule has 2 N–H and O–H groups in total. The first-order valence-electron chi connectivity index (χ1n) is 17.3. The summed E-state index contributed by atoms with van der Waals surface area (Å²) in [6, 6.07) is 8.39. The highest BCUT2D eigenvalue weighted by atomic mass is 32.2. The highest BCUT2D eigenvalue weighted by molar-refractivity contribution is 7.91. The van der Waals surface area contributed by atoms with Gasteiger partial charge < -0.3 is 15.0 Å². The SMILES string of the molecule is O=C1N[C@]2(C(=O)NS(=O)(=O)C3CC3)C[C@H]2/C=C\CCCCCCC(=O)N2C[C@H](Oc3cc(-c4cnccn4)nc4c5ccccc5nn34)C[C@@H]12. The van der Waals surface area contributed by atoms with Crippen LogP contribution in [0.15, 0.2) is 61.1 Å². The summed E-state index contributed by atoms with van der Waals surface area (Å²) in [5.74, 6) is -1.42. The number of fused-ring (bicyclic) bond motifs is 5. The van der Waals surface area contributed by atoms with Crippen molar-refractivity contribution in [3.63, 3.8) is 0 Å². The number of benzene rings is 1. The van der Waals surface area contributed by atoms with Gasteiger partial charge in [-0.15, -0.1) is 0 Å². The predicted molar refractivity (Wildman–Crippen MR) is 182 cm³/mol. The highest BCUT2D eigenvalue weighted by Crippen LogP contribution is 2.46. The molecule has 15 heteroatoms. The Hall–Kier alpha value is -4.92. The number of hydrogen-bond donors (Lipinski definition) is 2. The lowest BCUT2D eigenvalue weighted by atomic mass is 10.1. The molecule has 3 aromatic heterocycles. The molecule has 2 aliphatic carbocycles. The number of amides is 3. The molecule has 0 spiro atoms. The molecule has 4 aliphatic rings. The van der Waals surface area contributed by atoms with E-state index < -0.39 is 44.8 Å². The molecule has 2 saturated carbocycles. The van der Waals surface area contributed by atoms with E-state index in [1.54, 1.807) is 34.1 Å². The van der Waals surface area contributed by atoms with E-state index >= 15 is 0 Å². The van der Waals surface area contributed by atoms with Gasteiger partial charge in [-0.3, -0.25) is 29.1 Å². The van der Waals surface area contributed by atoms with Gasteiger partial charge in [-0.25, -0.2) is 13.4 Å². The van der Waals surface area contributed by atoms with Crippen molar-refractivity contribution in [2.75, 3.05) is 6.54 Å². The first-order valence-corrected chi connectivity index (χ1v) is 18.8. The Morgan fingerprint density at radius 1 is 1.06 bits per heavy atom. The topological polar surface area (TPSA) is 178 Å². The predicted octanol–water partition coefficient (Wildman–Crippen LogP) is 3.08. The second-order valence-corrected chi connectivity index (χ2v) is 15.6. The van der Waals surface area contributed by atoms with Crippen LogP contribution in [0.1, 0.15) is 64.2 Å². The third-order valence-corrected chi connectivity index (χ3v) is 11.9. The molecule has 1 saturated heterocycles. The van der Waals surface area contributed by atoms with Crippen LogP contribution in [0, 0.1) is 5.92 Å². The number of nitrogens with zero attached hydrogens (tertiary/aromatic N) is 6. The fourth-order valence-corrected chi connectivity index (χ4v) is 8.46. The van der Waals surface area contributed by atoms with E-state index in [9.17, 15) is 22.8 Å². The lowest BCUT2D eigenvalue weighted by Crippen LogP contribution is -2.56. The van der Waals surface area contributed by atoms with Crippen molar-refractivity contribution in [1.29, 1.82) is 0 Å². The maximum atomic E-state index is 14.1. The van der Waals surface area contributed by atoms with Gasteiger partial charge in [-0.2, -0.15) is 9.61 Å². The largest absolute Gasteiger partial charge is 0.472 e. The minimum absolute atomic E-state index is 0.139. The van der Waals surface area contributed by atoms with Gasteiger partial charge in [0.25, 0.3) is 5.91 Å². The summed E-state index contributed by atoms with van der Waals surface area (Å²) in [6.07, 6.45) is 14.0. The zero-order chi connectivity index (χ0) is 34.5. The third-order valence-electron chi connectivity index (χ3n) is 10.1. The number of nitrogens with one attached hydrogen (secondary N) is 2. The Kier molecular flexibility index (Phi) is 8.24. The molecular weight excluding hydrogens is 661 g/mol. The van der Waals surface area contributed by atoms with Gasteiger partial charge in [0.1, 0.15) is 23.4 Å². The number of allylic oxidation sites excluding steroid dienone is 1. The molecule has 0 radical (unpaired) electrons. The fourth-order valence-electron chi connectivity index (χ4n) is 7.09. The number of ether oxygens (including phenoxy) is 1. The van der Waals surface area contributed by atoms with Gasteiger partial charge in [-0.1, -0.05) is 37.1 Å². The second kappa shape index (κ2) is 12.8. The quantitative estimate of drug-likeness (QED) is 0.285. The molecule has 1 aromatic carbocycles. The third kappa shape index (κ3) is 6.18. The van der Waals surface area contributed by atoms with Gasteiger partial charge in [0, 0.05) is 42.6 Å². The minimum atomic E-state index is -3.83. The van der Waals surface area contributed by atoms with Crippen LogP contribution in [0.3, 0.4) is 0 Å². The van der Waals surface area contributed by atoms with Crippen molar-refractivity contribution in [2.24, 2.45) is 5.92 Å². The van der Waals surface area contributed by atoms with E-state index in [-0.39, 0.29) is 37.6 Å². The first kappa shape index (κ1) is 32.3. The Morgan fingerprint density at radius 2 is 1.90 bits per heavy atom. The molecule has 4 aromatic rings. The summed E-state index contributed by atoms with van der Waals surface area (Å²) in [6.45, 7) is 0.139. The van der Waals surface area contributed by atoms with Gasteiger partial charge in [0.2, 0.25) is 27.7 Å². The highest BCUT2D eigenvalue weighted by Gasteiger charge is 2.62. The molecule has 3 amide bonds. The summed E-state index contributed by atoms with van der Waals surface area (Å²) in [5, 5.41) is 7.88. The normalized spacial score (nSPS) is 26.7. The molecule has 2 aliphatic heterocycles. The van der Waals surface area contributed by atoms with E-state index in [1.165, 1.54) is 0 Å². The Balaban J connectivity index is 1.10. The summed E-state index contributed by atoms with van der Waals surface area (Å²) in [7, 11) is -3.83. The molecule has 14 nitrogen and oxygen atoms in total. The Morgan fingerprint density at radius 3 is 2.72 bits per heavy atom. The molecule has 3 fully saturated rings. The Bertz CT molecular complexity index is 2120. The smallest absolute Gasteiger partial charge is 0.259 e. The molecule has 260 valence electrons. The summed E-state index contributed by atoms with van der Waals surface area (Å²) < 4.78 is 35.9. The van der Waals surface area contributed by atoms with E-state index in [1.807, 2.05) is 36.4 Å².